The van der Waals surface area contributed by atoms with E-state index in [1.807, 2.05) is 17.0 Å². The molecule has 2 aromatic rings. The van der Waals surface area contributed by atoms with Crippen LogP contribution in [0.1, 0.15) is 36.0 Å². The number of piperazine rings is 1. The van der Waals surface area contributed by atoms with E-state index in [4.69, 9.17) is 16.3 Å². The highest BCUT2D eigenvalue weighted by molar-refractivity contribution is 6.30. The molecule has 2 aromatic carbocycles. The number of piperidine rings is 1. The fourth-order valence-electron chi connectivity index (χ4n) is 4.39. The van der Waals surface area contributed by atoms with E-state index >= 15 is 0 Å². The zero-order chi connectivity index (χ0) is 21.5. The second kappa shape index (κ2) is 10.9. The van der Waals surface area contributed by atoms with Gasteiger partial charge in [0, 0.05) is 49.0 Å². The van der Waals surface area contributed by atoms with E-state index in [0.717, 1.165) is 38.4 Å². The normalized spacial score (nSPS) is 17.6. The number of benzene rings is 2. The van der Waals surface area contributed by atoms with Crippen LogP contribution >= 0.6 is 11.6 Å². The maximum Gasteiger partial charge on any atom is 0.254 e. The minimum atomic E-state index is 0.0513. The van der Waals surface area contributed by atoms with E-state index in [1.54, 1.807) is 12.1 Å². The van der Waals surface area contributed by atoms with E-state index in [2.05, 4.69) is 34.1 Å². The number of nitrogens with zero attached hydrogens (tertiary/aromatic N) is 3. The van der Waals surface area contributed by atoms with E-state index in [1.165, 1.54) is 38.0 Å². The Morgan fingerprint density at radius 2 is 1.65 bits per heavy atom. The minimum Gasteiger partial charge on any atom is -0.494 e. The second-order valence-corrected chi connectivity index (χ2v) is 8.82. The van der Waals surface area contributed by atoms with Crippen LogP contribution < -0.4 is 9.64 Å². The predicted molar refractivity (Wildman–Crippen MR) is 126 cm³/mol. The Morgan fingerprint density at radius 1 is 0.903 bits per heavy atom. The lowest BCUT2D eigenvalue weighted by atomic mass is 10.1. The van der Waals surface area contributed by atoms with Gasteiger partial charge >= 0.3 is 0 Å². The van der Waals surface area contributed by atoms with Crippen LogP contribution in [0, 0.1) is 0 Å². The highest BCUT2D eigenvalue weighted by atomic mass is 35.5. The van der Waals surface area contributed by atoms with Gasteiger partial charge in [0.1, 0.15) is 5.75 Å². The summed E-state index contributed by atoms with van der Waals surface area (Å²) < 4.78 is 5.94. The summed E-state index contributed by atoms with van der Waals surface area (Å²) >= 11 is 6.03. The van der Waals surface area contributed by atoms with Gasteiger partial charge in [0.15, 0.2) is 0 Å². The van der Waals surface area contributed by atoms with Gasteiger partial charge in [0.25, 0.3) is 5.91 Å². The van der Waals surface area contributed by atoms with Gasteiger partial charge in [0.2, 0.25) is 0 Å². The van der Waals surface area contributed by atoms with E-state index in [9.17, 15) is 4.79 Å². The minimum absolute atomic E-state index is 0.0513. The van der Waals surface area contributed by atoms with E-state index in [0.29, 0.717) is 23.7 Å². The number of halogens is 1. The zero-order valence-corrected chi connectivity index (χ0v) is 18.9. The van der Waals surface area contributed by atoms with Crippen LogP contribution in [0.3, 0.4) is 0 Å². The molecule has 0 radical (unpaired) electrons. The monoisotopic (exact) mass is 441 g/mol. The Kier molecular flexibility index (Phi) is 7.71. The van der Waals surface area contributed by atoms with Crippen molar-refractivity contribution in [2.75, 3.05) is 57.3 Å². The highest BCUT2D eigenvalue weighted by Crippen LogP contribution is 2.22. The maximum atomic E-state index is 12.7. The Bertz CT molecular complexity index is 844. The topological polar surface area (TPSA) is 36.0 Å². The third-order valence-electron chi connectivity index (χ3n) is 6.18. The second-order valence-electron chi connectivity index (χ2n) is 8.39. The molecule has 31 heavy (non-hydrogen) atoms. The molecule has 0 bridgehead atoms. The summed E-state index contributed by atoms with van der Waals surface area (Å²) in [4.78, 5) is 19.5. The molecule has 0 aromatic heterocycles. The molecule has 2 aliphatic heterocycles. The molecule has 2 aliphatic rings. The number of ether oxygens (including phenoxy) is 1. The Labute approximate surface area is 190 Å². The molecular weight excluding hydrogens is 410 g/mol. The first-order chi connectivity index (χ1) is 15.2. The van der Waals surface area contributed by atoms with Gasteiger partial charge in [-0.15, -0.1) is 0 Å². The molecule has 1 amide bonds. The third-order valence-corrected chi connectivity index (χ3v) is 6.41. The molecule has 2 saturated heterocycles. The first kappa shape index (κ1) is 22.0. The van der Waals surface area contributed by atoms with Crippen LogP contribution in [0.2, 0.25) is 5.02 Å². The van der Waals surface area contributed by atoms with Crippen molar-refractivity contribution in [2.24, 2.45) is 0 Å². The van der Waals surface area contributed by atoms with Crippen molar-refractivity contribution >= 4 is 23.2 Å². The lowest BCUT2D eigenvalue weighted by Crippen LogP contribution is -2.48. The number of hydrogen-bond donors (Lipinski definition) is 0. The first-order valence-corrected chi connectivity index (χ1v) is 11.8. The number of hydrogen-bond acceptors (Lipinski definition) is 4. The van der Waals surface area contributed by atoms with E-state index in [-0.39, 0.29) is 5.91 Å². The summed E-state index contributed by atoms with van der Waals surface area (Å²) in [5, 5.41) is 0.596. The fourth-order valence-corrected chi connectivity index (χ4v) is 4.58. The molecular formula is C25H32ClN3O2. The summed E-state index contributed by atoms with van der Waals surface area (Å²) in [6.45, 7) is 7.45. The predicted octanol–water partition coefficient (Wildman–Crippen LogP) is 4.56. The maximum absolute atomic E-state index is 12.7. The third kappa shape index (κ3) is 6.14. The molecule has 0 aliphatic carbocycles. The van der Waals surface area contributed by atoms with Crippen molar-refractivity contribution in [3.05, 3.63) is 59.1 Å². The number of likely N-dealkylation sites (tertiary alicyclic amines) is 1. The Balaban J connectivity index is 1.20. The van der Waals surface area contributed by atoms with Crippen molar-refractivity contribution in [2.45, 2.75) is 25.7 Å². The zero-order valence-electron chi connectivity index (χ0n) is 18.1. The van der Waals surface area contributed by atoms with Crippen molar-refractivity contribution in [3.8, 4) is 5.75 Å². The molecule has 2 fully saturated rings. The number of carbonyl (C=O) groups is 1. The summed E-state index contributed by atoms with van der Waals surface area (Å²) in [6.07, 6.45) is 5.13. The van der Waals surface area contributed by atoms with Crippen molar-refractivity contribution < 1.29 is 9.53 Å². The van der Waals surface area contributed by atoms with E-state index < -0.39 is 0 Å². The Hall–Kier alpha value is -2.24. The smallest absolute Gasteiger partial charge is 0.254 e. The van der Waals surface area contributed by atoms with Gasteiger partial charge < -0.3 is 19.4 Å². The van der Waals surface area contributed by atoms with Crippen LogP contribution in [0.4, 0.5) is 5.69 Å². The largest absolute Gasteiger partial charge is 0.494 e. The van der Waals surface area contributed by atoms with Crippen molar-refractivity contribution in [3.63, 3.8) is 0 Å². The van der Waals surface area contributed by atoms with Crippen LogP contribution in [0.15, 0.2) is 48.5 Å². The molecule has 4 rings (SSSR count). The first-order valence-electron chi connectivity index (χ1n) is 11.4. The number of amides is 1. The van der Waals surface area contributed by atoms with Crippen LogP contribution in [-0.2, 0) is 0 Å². The summed E-state index contributed by atoms with van der Waals surface area (Å²) in [5.74, 6) is 0.979. The molecule has 2 heterocycles. The molecule has 0 atom stereocenters. The standard InChI is InChI=1S/C25H32ClN3O2/c26-22-7-4-6-21(20-22)25(30)29-17-15-28(16-18-29)23-8-10-24(11-9-23)31-19-5-14-27-12-2-1-3-13-27/h4,6-11,20H,1-3,5,12-19H2. The number of anilines is 1. The molecule has 0 spiro atoms. The van der Waals surface area contributed by atoms with Gasteiger partial charge in [-0.05, 0) is 74.8 Å². The quantitative estimate of drug-likeness (QED) is 0.590. The van der Waals surface area contributed by atoms with Crippen molar-refractivity contribution in [1.82, 2.24) is 9.80 Å². The van der Waals surface area contributed by atoms with Gasteiger partial charge in [-0.25, -0.2) is 0 Å². The number of rotatable bonds is 7. The lowest BCUT2D eigenvalue weighted by molar-refractivity contribution is 0.0747. The van der Waals surface area contributed by atoms with Crippen LogP contribution in [0.5, 0.6) is 5.75 Å². The average molecular weight is 442 g/mol. The average Bonchev–Trinajstić information content (AvgIpc) is 2.83. The van der Waals surface area contributed by atoms with Gasteiger partial charge in [0.05, 0.1) is 6.61 Å². The highest BCUT2D eigenvalue weighted by Gasteiger charge is 2.22. The van der Waals surface area contributed by atoms with Gasteiger partial charge in [-0.1, -0.05) is 24.1 Å². The Morgan fingerprint density at radius 3 is 2.35 bits per heavy atom. The lowest BCUT2D eigenvalue weighted by Gasteiger charge is -2.36. The summed E-state index contributed by atoms with van der Waals surface area (Å²) in [7, 11) is 0. The van der Waals surface area contributed by atoms with Gasteiger partial charge in [-0.2, -0.15) is 0 Å². The SMILES string of the molecule is O=C(c1cccc(Cl)c1)N1CCN(c2ccc(OCCCN3CCCCC3)cc2)CC1. The van der Waals surface area contributed by atoms with Crippen molar-refractivity contribution in [1.29, 1.82) is 0 Å². The molecule has 166 valence electrons. The summed E-state index contributed by atoms with van der Waals surface area (Å²) in [5.41, 5.74) is 1.83. The molecule has 5 nitrogen and oxygen atoms in total. The number of carbonyl (C=O) groups excluding carboxylic acids is 1. The molecule has 6 heteroatoms. The fraction of sp³-hybridized carbons (Fsp3) is 0.480. The molecule has 0 saturated carbocycles. The molecule has 0 N–H and O–H groups in total. The molecule has 0 unspecified atom stereocenters. The van der Waals surface area contributed by atoms with Crippen LogP contribution in [-0.4, -0.2) is 68.1 Å². The van der Waals surface area contributed by atoms with Crippen LogP contribution in [0.25, 0.3) is 0 Å². The van der Waals surface area contributed by atoms with Gasteiger partial charge in [-0.3, -0.25) is 4.79 Å². The summed E-state index contributed by atoms with van der Waals surface area (Å²) in [6, 6.07) is 15.5.